The molecule has 9 heteroatoms. The van der Waals surface area contributed by atoms with E-state index in [-0.39, 0.29) is 18.1 Å². The molecule has 3 aromatic rings. The summed E-state index contributed by atoms with van der Waals surface area (Å²) in [6.45, 7) is 0.145. The molecule has 0 fully saturated rings. The van der Waals surface area contributed by atoms with Gasteiger partial charge in [-0.3, -0.25) is 14.9 Å². The summed E-state index contributed by atoms with van der Waals surface area (Å²) in [5.41, 5.74) is 1.44. The molecule has 148 valence electrons. The number of nitrogens with zero attached hydrogens (tertiary/aromatic N) is 4. The number of benzene rings is 2. The van der Waals surface area contributed by atoms with E-state index in [1.54, 1.807) is 44.5 Å². The molecule has 0 saturated carbocycles. The SMILES string of the molecule is COc1ccc(-c2noc(CN(C)C(=O)/C=C/c3ccc([N+](=O)[O-])cc3)n2)cc1. The lowest BCUT2D eigenvalue weighted by molar-refractivity contribution is -0.384. The lowest BCUT2D eigenvalue weighted by atomic mass is 10.2. The van der Waals surface area contributed by atoms with Gasteiger partial charge in [0.2, 0.25) is 17.6 Å². The van der Waals surface area contributed by atoms with Crippen LogP contribution in [0.4, 0.5) is 5.69 Å². The first-order chi connectivity index (χ1) is 14.0. The second-order valence-electron chi connectivity index (χ2n) is 6.12. The molecule has 1 heterocycles. The highest BCUT2D eigenvalue weighted by atomic mass is 16.6. The summed E-state index contributed by atoms with van der Waals surface area (Å²) in [5, 5.41) is 14.6. The fraction of sp³-hybridized carbons (Fsp3) is 0.150. The van der Waals surface area contributed by atoms with Crippen molar-refractivity contribution in [2.75, 3.05) is 14.2 Å². The van der Waals surface area contributed by atoms with Crippen molar-refractivity contribution in [2.24, 2.45) is 0 Å². The van der Waals surface area contributed by atoms with E-state index >= 15 is 0 Å². The van der Waals surface area contributed by atoms with Crippen molar-refractivity contribution in [1.82, 2.24) is 15.0 Å². The Labute approximate surface area is 166 Å². The lowest BCUT2D eigenvalue weighted by Crippen LogP contribution is -2.24. The fourth-order valence-electron chi connectivity index (χ4n) is 2.46. The van der Waals surface area contributed by atoms with Gasteiger partial charge in [0.1, 0.15) is 5.75 Å². The summed E-state index contributed by atoms with van der Waals surface area (Å²) in [5.74, 6) is 1.18. The van der Waals surface area contributed by atoms with Gasteiger partial charge < -0.3 is 14.2 Å². The van der Waals surface area contributed by atoms with Crippen molar-refractivity contribution in [2.45, 2.75) is 6.54 Å². The minimum absolute atomic E-state index is 0.00495. The van der Waals surface area contributed by atoms with Crippen LogP contribution in [-0.2, 0) is 11.3 Å². The Hall–Kier alpha value is -4.01. The minimum Gasteiger partial charge on any atom is -0.497 e. The van der Waals surface area contributed by atoms with Gasteiger partial charge in [-0.2, -0.15) is 4.98 Å². The van der Waals surface area contributed by atoms with E-state index < -0.39 is 4.92 Å². The third kappa shape index (κ3) is 5.04. The smallest absolute Gasteiger partial charge is 0.269 e. The molecule has 0 saturated heterocycles. The quantitative estimate of drug-likeness (QED) is 0.343. The van der Waals surface area contributed by atoms with Crippen LogP contribution in [-0.4, -0.2) is 40.0 Å². The van der Waals surface area contributed by atoms with E-state index in [0.29, 0.717) is 17.3 Å². The zero-order valence-corrected chi connectivity index (χ0v) is 15.8. The van der Waals surface area contributed by atoms with Crippen molar-refractivity contribution in [3.8, 4) is 17.1 Å². The Morgan fingerprint density at radius 1 is 1.21 bits per heavy atom. The highest BCUT2D eigenvalue weighted by Gasteiger charge is 2.13. The number of nitro groups is 1. The summed E-state index contributed by atoms with van der Waals surface area (Å²) >= 11 is 0. The third-order valence-corrected chi connectivity index (χ3v) is 4.09. The molecule has 29 heavy (non-hydrogen) atoms. The van der Waals surface area contributed by atoms with Gasteiger partial charge >= 0.3 is 0 Å². The van der Waals surface area contributed by atoms with Gasteiger partial charge in [-0.25, -0.2) is 0 Å². The fourth-order valence-corrected chi connectivity index (χ4v) is 2.46. The van der Waals surface area contributed by atoms with Crippen LogP contribution in [0.1, 0.15) is 11.5 Å². The highest BCUT2D eigenvalue weighted by Crippen LogP contribution is 2.20. The number of rotatable bonds is 7. The van der Waals surface area contributed by atoms with Crippen molar-refractivity contribution >= 4 is 17.7 Å². The van der Waals surface area contributed by atoms with Crippen LogP contribution in [0.3, 0.4) is 0 Å². The van der Waals surface area contributed by atoms with Gasteiger partial charge in [0, 0.05) is 30.8 Å². The summed E-state index contributed by atoms with van der Waals surface area (Å²) in [6, 6.07) is 13.1. The molecule has 0 radical (unpaired) electrons. The number of amides is 1. The van der Waals surface area contributed by atoms with Crippen LogP contribution < -0.4 is 4.74 Å². The van der Waals surface area contributed by atoms with Crippen molar-refractivity contribution in [3.05, 3.63) is 76.2 Å². The normalized spacial score (nSPS) is 10.8. The second kappa shape index (κ2) is 8.79. The summed E-state index contributed by atoms with van der Waals surface area (Å²) < 4.78 is 10.3. The van der Waals surface area contributed by atoms with E-state index in [1.807, 2.05) is 12.1 Å². The average molecular weight is 394 g/mol. The average Bonchev–Trinajstić information content (AvgIpc) is 3.20. The molecule has 0 unspecified atom stereocenters. The molecule has 1 amide bonds. The Balaban J connectivity index is 1.60. The van der Waals surface area contributed by atoms with Crippen LogP contribution in [0.2, 0.25) is 0 Å². The molecule has 0 spiro atoms. The lowest BCUT2D eigenvalue weighted by Gasteiger charge is -2.11. The van der Waals surface area contributed by atoms with Crippen LogP contribution in [0.15, 0.2) is 59.1 Å². The minimum atomic E-state index is -0.475. The number of non-ortho nitro benzene ring substituents is 1. The molecule has 3 rings (SSSR count). The summed E-state index contributed by atoms with van der Waals surface area (Å²) in [4.78, 5) is 28.2. The van der Waals surface area contributed by atoms with Gasteiger partial charge in [0.15, 0.2) is 0 Å². The van der Waals surface area contributed by atoms with Gasteiger partial charge in [0.25, 0.3) is 5.69 Å². The van der Waals surface area contributed by atoms with Crippen LogP contribution in [0.5, 0.6) is 5.75 Å². The maximum absolute atomic E-state index is 12.3. The van der Waals surface area contributed by atoms with Gasteiger partial charge in [-0.05, 0) is 48.0 Å². The van der Waals surface area contributed by atoms with Crippen molar-refractivity contribution < 1.29 is 19.0 Å². The number of hydrogen-bond acceptors (Lipinski definition) is 7. The van der Waals surface area contributed by atoms with E-state index in [4.69, 9.17) is 9.26 Å². The topological polar surface area (TPSA) is 112 Å². The van der Waals surface area contributed by atoms with E-state index in [2.05, 4.69) is 10.1 Å². The molecule has 2 aromatic carbocycles. The molecule has 0 aliphatic rings. The highest BCUT2D eigenvalue weighted by molar-refractivity contribution is 5.91. The molecule has 0 N–H and O–H groups in total. The monoisotopic (exact) mass is 394 g/mol. The standard InChI is InChI=1S/C20H18N4O5/c1-23(19(25)12-5-14-3-8-16(9-4-14)24(26)27)13-18-21-20(22-29-18)15-6-10-17(28-2)11-7-15/h3-12H,13H2,1-2H3/b12-5+. The van der Waals surface area contributed by atoms with Crippen molar-refractivity contribution in [3.63, 3.8) is 0 Å². The first-order valence-electron chi connectivity index (χ1n) is 8.61. The Morgan fingerprint density at radius 3 is 2.52 bits per heavy atom. The molecule has 9 nitrogen and oxygen atoms in total. The van der Waals surface area contributed by atoms with Crippen LogP contribution in [0, 0.1) is 10.1 Å². The zero-order chi connectivity index (χ0) is 20.8. The van der Waals surface area contributed by atoms with Crippen LogP contribution in [0.25, 0.3) is 17.5 Å². The first kappa shape index (κ1) is 19.7. The van der Waals surface area contributed by atoms with Crippen LogP contribution >= 0.6 is 0 Å². The van der Waals surface area contributed by atoms with Gasteiger partial charge in [0.05, 0.1) is 18.6 Å². The number of nitro benzene ring substituents is 1. The van der Waals surface area contributed by atoms with E-state index in [1.165, 1.54) is 23.1 Å². The molecule has 0 aliphatic heterocycles. The summed E-state index contributed by atoms with van der Waals surface area (Å²) in [7, 11) is 3.20. The molecular weight excluding hydrogens is 376 g/mol. The number of ether oxygens (including phenoxy) is 1. The first-order valence-corrected chi connectivity index (χ1v) is 8.61. The largest absolute Gasteiger partial charge is 0.497 e. The Bertz CT molecular complexity index is 1030. The number of aromatic nitrogens is 2. The molecular formula is C20H18N4O5. The van der Waals surface area contributed by atoms with Gasteiger partial charge in [-0.15, -0.1) is 0 Å². The van der Waals surface area contributed by atoms with E-state index in [0.717, 1.165) is 11.3 Å². The second-order valence-corrected chi connectivity index (χ2v) is 6.12. The maximum Gasteiger partial charge on any atom is 0.269 e. The van der Waals surface area contributed by atoms with Gasteiger partial charge in [-0.1, -0.05) is 5.16 Å². The predicted molar refractivity (Wildman–Crippen MR) is 105 cm³/mol. The zero-order valence-electron chi connectivity index (χ0n) is 15.8. The molecule has 0 bridgehead atoms. The molecule has 1 aromatic heterocycles. The maximum atomic E-state index is 12.3. The predicted octanol–water partition coefficient (Wildman–Crippen LogP) is 3.33. The number of carbonyl (C=O) groups excluding carboxylic acids is 1. The molecule has 0 aliphatic carbocycles. The van der Waals surface area contributed by atoms with Crippen molar-refractivity contribution in [1.29, 1.82) is 0 Å². The number of carbonyl (C=O) groups is 1. The third-order valence-electron chi connectivity index (χ3n) is 4.09. The Morgan fingerprint density at radius 2 is 1.90 bits per heavy atom. The van der Waals surface area contributed by atoms with E-state index in [9.17, 15) is 14.9 Å². The number of hydrogen-bond donors (Lipinski definition) is 0. The Kier molecular flexibility index (Phi) is 5.98. The number of likely N-dealkylation sites (N-methyl/N-ethyl adjacent to an activating group) is 1. The molecule has 0 atom stereocenters. The summed E-state index contributed by atoms with van der Waals surface area (Å²) in [6.07, 6.45) is 2.96. The number of methoxy groups -OCH3 is 1.